The number of aryl methyl sites for hydroxylation is 1. The quantitative estimate of drug-likeness (QED) is 0.414. The van der Waals surface area contributed by atoms with Crippen LogP contribution in [0.25, 0.3) is 16.9 Å². The number of alkyl halides is 1. The molecule has 1 aliphatic heterocycles. The molecule has 4 heterocycles. The summed E-state index contributed by atoms with van der Waals surface area (Å²) in [7, 11) is 1.47. The largest absolute Gasteiger partial charge is 0.494 e. The van der Waals surface area contributed by atoms with Gasteiger partial charge < -0.3 is 10.1 Å². The van der Waals surface area contributed by atoms with Gasteiger partial charge in [0.2, 0.25) is 0 Å². The van der Waals surface area contributed by atoms with E-state index in [4.69, 9.17) is 4.74 Å². The molecule has 2 fully saturated rings. The molecule has 3 atom stereocenters. The van der Waals surface area contributed by atoms with Crippen molar-refractivity contribution in [2.75, 3.05) is 7.11 Å². The lowest BCUT2D eigenvalue weighted by atomic mass is 9.99. The number of pyridine rings is 3. The number of hydrogen-bond acceptors (Lipinski definition) is 8. The summed E-state index contributed by atoms with van der Waals surface area (Å²) in [6.07, 6.45) is 5.43. The monoisotopic (exact) mass is 534 g/mol. The molecule has 3 unspecified atom stereocenters. The predicted octanol–water partition coefficient (Wildman–Crippen LogP) is 3.24. The van der Waals surface area contributed by atoms with Crippen molar-refractivity contribution in [3.05, 3.63) is 70.0 Å². The third kappa shape index (κ3) is 5.72. The SMILES string of the molecule is COc1cnc(C(C)F)cc1-c1cc(-n2cc(C)ccc2=O)ncc1C(=O)NC1NNC(C#CC2CC2)S1. The second-order valence-corrected chi connectivity index (χ2v) is 10.4. The summed E-state index contributed by atoms with van der Waals surface area (Å²) >= 11 is 1.44. The van der Waals surface area contributed by atoms with Gasteiger partial charge in [0, 0.05) is 35.5 Å². The molecule has 1 saturated heterocycles. The van der Waals surface area contributed by atoms with Gasteiger partial charge in [0.05, 0.1) is 24.6 Å². The molecule has 196 valence electrons. The second-order valence-electron chi connectivity index (χ2n) is 9.15. The lowest BCUT2D eigenvalue weighted by Gasteiger charge is -2.17. The fourth-order valence-electron chi connectivity index (χ4n) is 3.92. The van der Waals surface area contributed by atoms with Crippen LogP contribution in [0.15, 0.2) is 47.7 Å². The highest BCUT2D eigenvalue weighted by Crippen LogP contribution is 2.35. The zero-order valence-electron chi connectivity index (χ0n) is 21.1. The van der Waals surface area contributed by atoms with Gasteiger partial charge in [-0.3, -0.25) is 19.1 Å². The normalized spacial score (nSPS) is 19.4. The first-order chi connectivity index (χ1) is 18.3. The average Bonchev–Trinajstić information content (AvgIpc) is 3.65. The zero-order valence-corrected chi connectivity index (χ0v) is 21.9. The van der Waals surface area contributed by atoms with Crippen LogP contribution >= 0.6 is 11.8 Å². The molecule has 0 bridgehead atoms. The number of ether oxygens (including phenoxy) is 1. The summed E-state index contributed by atoms with van der Waals surface area (Å²) in [6.45, 7) is 3.25. The van der Waals surface area contributed by atoms with E-state index in [0.717, 1.165) is 18.4 Å². The van der Waals surface area contributed by atoms with Crippen LogP contribution in [0, 0.1) is 24.7 Å². The Kier molecular flexibility index (Phi) is 7.46. The highest BCUT2D eigenvalue weighted by Gasteiger charge is 2.28. The number of nitrogens with one attached hydrogen (secondary N) is 3. The number of amides is 1. The number of nitrogens with zero attached hydrogens (tertiary/aromatic N) is 3. The van der Waals surface area contributed by atoms with Crippen LogP contribution in [0.5, 0.6) is 5.75 Å². The number of methoxy groups -OCH3 is 1. The first-order valence-electron chi connectivity index (χ1n) is 12.2. The Hall–Kier alpha value is -3.72. The highest BCUT2D eigenvalue weighted by atomic mass is 32.2. The number of rotatable bonds is 6. The summed E-state index contributed by atoms with van der Waals surface area (Å²) < 4.78 is 21.1. The summed E-state index contributed by atoms with van der Waals surface area (Å²) in [6, 6.07) is 6.33. The number of carbonyl (C=O) groups is 1. The molecule has 0 spiro atoms. The summed E-state index contributed by atoms with van der Waals surface area (Å²) in [5.74, 6) is 7.12. The third-order valence-electron chi connectivity index (χ3n) is 6.12. The van der Waals surface area contributed by atoms with Crippen molar-refractivity contribution in [3.8, 4) is 34.5 Å². The molecule has 1 saturated carbocycles. The topological polar surface area (TPSA) is 110 Å². The van der Waals surface area contributed by atoms with Crippen LogP contribution in [0.3, 0.4) is 0 Å². The lowest BCUT2D eigenvalue weighted by Crippen LogP contribution is -2.43. The van der Waals surface area contributed by atoms with Gasteiger partial charge in [-0.2, -0.15) is 0 Å². The van der Waals surface area contributed by atoms with Crippen molar-refractivity contribution in [2.24, 2.45) is 5.92 Å². The van der Waals surface area contributed by atoms with E-state index in [1.807, 2.05) is 6.92 Å². The van der Waals surface area contributed by atoms with Crippen LogP contribution in [0.2, 0.25) is 0 Å². The van der Waals surface area contributed by atoms with Crippen LogP contribution in [-0.4, -0.2) is 38.4 Å². The van der Waals surface area contributed by atoms with Gasteiger partial charge in [-0.05, 0) is 44.4 Å². The Morgan fingerprint density at radius 2 is 2.03 bits per heavy atom. The molecule has 3 aromatic heterocycles. The minimum absolute atomic E-state index is 0.150. The van der Waals surface area contributed by atoms with Crippen molar-refractivity contribution >= 4 is 17.7 Å². The van der Waals surface area contributed by atoms with Crippen molar-refractivity contribution < 1.29 is 13.9 Å². The lowest BCUT2D eigenvalue weighted by molar-refractivity contribution is 0.0945. The van der Waals surface area contributed by atoms with Crippen LogP contribution in [0.4, 0.5) is 4.39 Å². The molecule has 3 aromatic rings. The number of hydrazine groups is 1. The van der Waals surface area contributed by atoms with Gasteiger partial charge in [0.25, 0.3) is 11.5 Å². The molecule has 38 heavy (non-hydrogen) atoms. The molecular formula is C27H27FN6O3S. The molecule has 3 N–H and O–H groups in total. The van der Waals surface area contributed by atoms with Gasteiger partial charge in [0.15, 0.2) is 0 Å². The van der Waals surface area contributed by atoms with Gasteiger partial charge in [-0.1, -0.05) is 29.7 Å². The minimum atomic E-state index is -1.34. The predicted molar refractivity (Wildman–Crippen MR) is 143 cm³/mol. The van der Waals surface area contributed by atoms with Gasteiger partial charge in [-0.25, -0.2) is 20.2 Å². The Morgan fingerprint density at radius 3 is 2.76 bits per heavy atom. The molecule has 1 amide bonds. The molecule has 0 radical (unpaired) electrons. The van der Waals surface area contributed by atoms with E-state index in [0.29, 0.717) is 28.6 Å². The van der Waals surface area contributed by atoms with Gasteiger partial charge >= 0.3 is 0 Å². The van der Waals surface area contributed by atoms with Crippen molar-refractivity contribution in [2.45, 2.75) is 43.7 Å². The van der Waals surface area contributed by atoms with Crippen LogP contribution < -0.4 is 26.5 Å². The van der Waals surface area contributed by atoms with Crippen molar-refractivity contribution in [3.63, 3.8) is 0 Å². The maximum atomic E-state index is 14.2. The summed E-state index contributed by atoms with van der Waals surface area (Å²) in [5.41, 5.74) is 7.55. The Morgan fingerprint density at radius 1 is 1.21 bits per heavy atom. The van der Waals surface area contributed by atoms with Crippen molar-refractivity contribution in [1.29, 1.82) is 0 Å². The van der Waals surface area contributed by atoms with E-state index in [-0.39, 0.29) is 22.2 Å². The fourth-order valence-corrected chi connectivity index (χ4v) is 4.77. The Labute approximate surface area is 223 Å². The zero-order chi connectivity index (χ0) is 26.8. The number of carbonyl (C=O) groups excluding carboxylic acids is 1. The Balaban J connectivity index is 1.53. The fraction of sp³-hybridized carbons (Fsp3) is 0.333. The molecule has 5 rings (SSSR count). The van der Waals surface area contributed by atoms with E-state index in [9.17, 15) is 14.0 Å². The van der Waals surface area contributed by atoms with E-state index >= 15 is 0 Å². The first kappa shape index (κ1) is 25.9. The van der Waals surface area contributed by atoms with Gasteiger partial charge in [0.1, 0.15) is 28.6 Å². The molecule has 11 heteroatoms. The van der Waals surface area contributed by atoms with E-state index in [1.165, 1.54) is 48.8 Å². The molecule has 9 nitrogen and oxygen atoms in total. The third-order valence-corrected chi connectivity index (χ3v) is 7.14. The van der Waals surface area contributed by atoms with Crippen LogP contribution in [-0.2, 0) is 0 Å². The van der Waals surface area contributed by atoms with E-state index in [2.05, 4.69) is 38.0 Å². The number of hydrogen-bond donors (Lipinski definition) is 3. The maximum Gasteiger partial charge on any atom is 0.256 e. The number of aromatic nitrogens is 3. The molecule has 2 aliphatic rings. The number of thioether (sulfide) groups is 1. The highest BCUT2D eigenvalue weighted by molar-refractivity contribution is 8.00. The summed E-state index contributed by atoms with van der Waals surface area (Å²) in [4.78, 5) is 34.7. The van der Waals surface area contributed by atoms with Crippen molar-refractivity contribution in [1.82, 2.24) is 30.7 Å². The smallest absolute Gasteiger partial charge is 0.256 e. The maximum absolute atomic E-state index is 14.2. The van der Waals surface area contributed by atoms with Gasteiger partial charge in [-0.15, -0.1) is 0 Å². The Bertz CT molecular complexity index is 1490. The average molecular weight is 535 g/mol. The number of halogens is 1. The second kappa shape index (κ2) is 10.9. The van der Waals surface area contributed by atoms with E-state index < -0.39 is 17.6 Å². The first-order valence-corrected chi connectivity index (χ1v) is 13.1. The minimum Gasteiger partial charge on any atom is -0.494 e. The summed E-state index contributed by atoms with van der Waals surface area (Å²) in [5, 5.41) is 2.79. The molecular weight excluding hydrogens is 507 g/mol. The van der Waals surface area contributed by atoms with Crippen LogP contribution in [0.1, 0.15) is 47.6 Å². The molecule has 0 aromatic carbocycles. The molecule has 1 aliphatic carbocycles. The van der Waals surface area contributed by atoms with E-state index in [1.54, 1.807) is 24.4 Å². The standard InChI is InChI=1S/C27H27FN6O3S/c1-15-4-9-25(35)34(14-15)23-11-18(19-10-21(16(2)28)29-13-22(19)37-3)20(12-30-23)26(36)31-27-33-32-24(38-27)8-7-17-5-6-17/h4,9-14,16-17,24,27,32-33H,5-6H2,1-3H3,(H,31,36).